The third kappa shape index (κ3) is 42.0. The predicted molar refractivity (Wildman–Crippen MR) is 479 cm³/mol. The summed E-state index contributed by atoms with van der Waals surface area (Å²) in [6, 6.07) is 13.2. The fourth-order valence-corrected chi connectivity index (χ4v) is 15.0. The van der Waals surface area contributed by atoms with Gasteiger partial charge in [-0.2, -0.15) is 0 Å². The number of Topliss-reactive ketones (excluding diaryl/α,β-unsaturated/α-hetero) is 3. The molecule has 11 atom stereocenters. The molecular formula is C92H144N12O22S. The Kier molecular flexibility index (Phi) is 54.7. The molecular weight excluding hydrogens is 1660 g/mol. The smallest absolute Gasteiger partial charge is 0.410 e. The number of carbonyl (C=O) groups is 9. The number of hydrogen-bond donors (Lipinski definition) is 5. The summed E-state index contributed by atoms with van der Waals surface area (Å²) in [7, 11) is 6.23. The summed E-state index contributed by atoms with van der Waals surface area (Å²) >= 11 is 1.47. The minimum absolute atomic E-state index is 0.0637. The van der Waals surface area contributed by atoms with E-state index in [-0.39, 0.29) is 110 Å². The van der Waals surface area contributed by atoms with Crippen LogP contribution >= 0.6 is 11.8 Å². The monoisotopic (exact) mass is 1800 g/mol. The van der Waals surface area contributed by atoms with Gasteiger partial charge in [-0.1, -0.05) is 133 Å². The number of hydrogen-bond acceptors (Lipinski definition) is 28. The first kappa shape index (κ1) is 109. The number of thioether (sulfide) groups is 1. The van der Waals surface area contributed by atoms with Crippen LogP contribution in [0.3, 0.4) is 0 Å². The number of aromatic nitrogens is 5. The number of amides is 6. The normalized spacial score (nSPS) is 15.1. The first-order valence-electron chi connectivity index (χ1n) is 44.7. The molecule has 35 heteroatoms. The average molecular weight is 1800 g/mol. The number of likely N-dealkylation sites (N-methyl/N-ethyl adjacent to an activating group) is 2. The maximum Gasteiger partial charge on any atom is 0.410 e. The van der Waals surface area contributed by atoms with Crippen LogP contribution in [0.25, 0.3) is 0 Å². The van der Waals surface area contributed by atoms with E-state index in [1.807, 2.05) is 66.0 Å². The lowest BCUT2D eigenvalue weighted by Crippen LogP contribution is -2.55. The Balaban J connectivity index is 0.876. The van der Waals surface area contributed by atoms with E-state index in [2.05, 4.69) is 48.1 Å². The van der Waals surface area contributed by atoms with E-state index in [4.69, 9.17) is 62.6 Å². The van der Waals surface area contributed by atoms with Gasteiger partial charge in [0.25, 0.3) is 0 Å². The molecule has 0 spiro atoms. The molecule has 34 nitrogen and oxygen atoms in total. The number of carbonyl (C=O) groups excluding carboxylic acids is 9. The standard InChI is InChI=1S/C92H144N12O22S/c1-14-67(6)85(81(115-11)57-83(109)104-37-23-30-79(104)87(116-12)68(7)88(111)97-69(8)86(110)72-26-18-16-19-27-72)101(9)90(113)78(65(2)3)56-80(107)84(66(4)5)102(10)92(114)126-62-70-32-34-74(35-33-70)98-89(112)73(28-21-22-36-93)55-77(106)64-125-63-76(105)29-24-39-117-41-43-119-45-47-121-49-51-123-53-54-124-52-50-122-48-46-120-44-42-118-40-38-103-61-75(99-100-103)60-94-82(108)31-20-15-17-25-71-58-95-91(127-13)96-59-71/h16,18-19,26-27,32-35,58-59,61,65-69,73,78-79,81,84-87,110H,14-15,20-24,28-31,36-57,60,62-64,93H2,1-13H3,(H,94,108)(H,97,111)(H,98,112)/t67-,68+,69+,73+,78-,79-,81+,84-,85-,86-,87+/m0/s1. The van der Waals surface area contributed by atoms with Crippen molar-refractivity contribution in [2.45, 2.75) is 213 Å². The number of ether oxygens (including phenoxy) is 12. The number of nitrogens with one attached hydrogen (secondary N) is 3. The van der Waals surface area contributed by atoms with Gasteiger partial charge in [-0.15, -0.1) is 5.10 Å². The predicted octanol–water partition coefficient (Wildman–Crippen LogP) is 8.45. The van der Waals surface area contributed by atoms with Gasteiger partial charge in [0.2, 0.25) is 29.5 Å². The molecule has 0 aliphatic carbocycles. The summed E-state index contributed by atoms with van der Waals surface area (Å²) in [5.74, 6) is 0.978. The molecule has 1 aliphatic rings. The van der Waals surface area contributed by atoms with Crippen LogP contribution in [0.15, 0.2) is 78.3 Å². The van der Waals surface area contributed by atoms with Crippen LogP contribution in [0.1, 0.15) is 174 Å². The zero-order chi connectivity index (χ0) is 92.7. The van der Waals surface area contributed by atoms with E-state index in [0.29, 0.717) is 224 Å². The molecule has 0 radical (unpaired) electrons. The van der Waals surface area contributed by atoms with E-state index in [9.17, 15) is 48.3 Å². The topological polar surface area (TPSA) is 413 Å². The molecule has 127 heavy (non-hydrogen) atoms. The highest BCUT2D eigenvalue weighted by Crippen LogP contribution is 2.32. The Morgan fingerprint density at radius 1 is 0.669 bits per heavy atom. The van der Waals surface area contributed by atoms with Crippen LogP contribution in [0.4, 0.5) is 10.5 Å². The number of nitrogens with zero attached hydrogens (tertiary/aromatic N) is 8. The van der Waals surface area contributed by atoms with Crippen molar-refractivity contribution in [2.75, 3.05) is 172 Å². The van der Waals surface area contributed by atoms with Crippen molar-refractivity contribution in [3.05, 3.63) is 95.6 Å². The zero-order valence-electron chi connectivity index (χ0n) is 77.2. The number of nitrogens with two attached hydrogens (primary N) is 1. The molecule has 1 saturated heterocycles. The molecule has 0 saturated carbocycles. The van der Waals surface area contributed by atoms with Crippen molar-refractivity contribution in [2.24, 2.45) is 41.2 Å². The molecule has 0 bridgehead atoms. The van der Waals surface area contributed by atoms with Crippen LogP contribution in [-0.4, -0.2) is 301 Å². The third-order valence-corrected chi connectivity index (χ3v) is 22.6. The Morgan fingerprint density at radius 2 is 1.27 bits per heavy atom. The lowest BCUT2D eigenvalue weighted by molar-refractivity contribution is -0.149. The first-order valence-corrected chi connectivity index (χ1v) is 45.9. The van der Waals surface area contributed by atoms with Crippen molar-refractivity contribution in [3.8, 4) is 11.8 Å². The number of anilines is 1. The maximum atomic E-state index is 14.9. The molecule has 1 aliphatic heterocycles. The van der Waals surface area contributed by atoms with E-state index in [0.717, 1.165) is 5.56 Å². The minimum atomic E-state index is -0.953. The van der Waals surface area contributed by atoms with Gasteiger partial charge in [0.1, 0.15) is 25.5 Å². The van der Waals surface area contributed by atoms with E-state index in [1.165, 1.54) is 37.9 Å². The highest BCUT2D eigenvalue weighted by atomic mass is 32.2. The Morgan fingerprint density at radius 3 is 1.83 bits per heavy atom. The fourth-order valence-electron chi connectivity index (χ4n) is 14.7. The zero-order valence-corrected chi connectivity index (χ0v) is 78.0. The summed E-state index contributed by atoms with van der Waals surface area (Å²) in [6.45, 7) is 22.3. The second-order valence-corrected chi connectivity index (χ2v) is 33.2. The van der Waals surface area contributed by atoms with Gasteiger partial charge in [0, 0.05) is 103 Å². The Hall–Kier alpha value is -8.32. The van der Waals surface area contributed by atoms with Gasteiger partial charge in [-0.05, 0) is 99.3 Å². The third-order valence-electron chi connectivity index (χ3n) is 22.0. The number of benzene rings is 2. The number of rotatable bonds is 69. The molecule has 4 aromatic rings. The van der Waals surface area contributed by atoms with Gasteiger partial charge in [-0.25, -0.2) is 19.4 Å². The fraction of sp³-hybridized carbons (Fsp3) is 0.685. The molecule has 2 aromatic carbocycles. The lowest BCUT2D eigenvalue weighted by Gasteiger charge is -2.41. The summed E-state index contributed by atoms with van der Waals surface area (Å²) in [4.78, 5) is 136. The van der Waals surface area contributed by atoms with E-state index >= 15 is 0 Å². The summed E-state index contributed by atoms with van der Waals surface area (Å²) < 4.78 is 69.7. The number of aliphatic hydroxyl groups excluding tert-OH is 1. The molecule has 6 amide bonds. The van der Waals surface area contributed by atoms with Crippen LogP contribution in [-0.2, 0) is 115 Å². The second kappa shape index (κ2) is 63.6. The number of likely N-dealkylation sites (tertiary alicyclic amines) is 1. The molecule has 2 aromatic heterocycles. The highest BCUT2D eigenvalue weighted by molar-refractivity contribution is 7.98. The number of aliphatic hydroxyl groups is 1. The largest absolute Gasteiger partial charge is 0.445 e. The van der Waals surface area contributed by atoms with Gasteiger partial charge < -0.3 is 98.3 Å². The molecule has 3 heterocycles. The van der Waals surface area contributed by atoms with E-state index < -0.39 is 66.3 Å². The van der Waals surface area contributed by atoms with Crippen molar-refractivity contribution < 1.29 is 105 Å². The van der Waals surface area contributed by atoms with Crippen LogP contribution in [0, 0.1) is 47.3 Å². The summed E-state index contributed by atoms with van der Waals surface area (Å²) in [5.41, 5.74) is 8.89. The van der Waals surface area contributed by atoms with Crippen molar-refractivity contribution >= 4 is 70.4 Å². The Labute approximate surface area is 755 Å². The van der Waals surface area contributed by atoms with Gasteiger partial charge >= 0.3 is 6.09 Å². The maximum absolute atomic E-state index is 14.9. The minimum Gasteiger partial charge on any atom is -0.445 e. The SMILES string of the molecule is CC[C@H](C)[C@@H]([C@@H](CC(=O)N1CCC[C@H]1[C@H](OC)[C@@H](C)C(=O)N[C@H](C)[C@H](O)c1ccccc1)OC)N(C)C(=O)[C@@H](CC(=O)[C@H](C(C)C)N(C)C(=O)OCc1ccc(NC(=O)[C@H](CCCCN)CC(=O)COCC(=O)CCCOCCOCCOCCOCCOCCOCCOCCOCCn2cc(CNC(=O)CCCC#Cc3cnc(SC)nc3)nn2)cc1)C(C)C. The molecule has 1 fully saturated rings. The summed E-state index contributed by atoms with van der Waals surface area (Å²) in [6.07, 6.45) is 9.50. The van der Waals surface area contributed by atoms with Gasteiger partial charge in [-0.3, -0.25) is 38.4 Å². The quantitative estimate of drug-likeness (QED) is 0.0120. The number of methoxy groups -OCH3 is 2. The molecule has 5 rings (SSSR count). The lowest BCUT2D eigenvalue weighted by atomic mass is 9.83. The highest BCUT2D eigenvalue weighted by Gasteiger charge is 2.44. The van der Waals surface area contributed by atoms with Gasteiger partial charge in [0.05, 0.1) is 179 Å². The van der Waals surface area contributed by atoms with Crippen molar-refractivity contribution in [3.63, 3.8) is 0 Å². The Bertz CT molecular complexity index is 3880. The molecule has 6 N–H and O–H groups in total. The van der Waals surface area contributed by atoms with Gasteiger partial charge in [0.15, 0.2) is 22.5 Å². The average Bonchev–Trinajstić information content (AvgIpc) is 1.78. The number of unbranched alkanes of at least 4 members (excludes halogenated alkanes) is 2. The molecule has 710 valence electrons. The number of ketones is 3. The van der Waals surface area contributed by atoms with Crippen molar-refractivity contribution in [1.82, 2.24) is 50.3 Å². The van der Waals surface area contributed by atoms with Crippen LogP contribution < -0.4 is 21.7 Å². The van der Waals surface area contributed by atoms with Crippen molar-refractivity contribution in [1.29, 1.82) is 0 Å². The first-order chi connectivity index (χ1) is 61.2. The van der Waals surface area contributed by atoms with Crippen LogP contribution in [0.5, 0.6) is 0 Å². The molecule has 0 unspecified atom stereocenters. The van der Waals surface area contributed by atoms with Crippen LogP contribution in [0.2, 0.25) is 0 Å². The second-order valence-electron chi connectivity index (χ2n) is 32.4. The summed E-state index contributed by atoms with van der Waals surface area (Å²) in [5, 5.41) is 28.6. The van der Waals surface area contributed by atoms with E-state index in [1.54, 1.807) is 90.4 Å².